The molecule has 2 aliphatic rings. The van der Waals surface area contributed by atoms with Crippen LogP contribution in [0.1, 0.15) is 39.5 Å². The molecule has 1 heterocycles. The van der Waals surface area contributed by atoms with Crippen LogP contribution in [0.4, 0.5) is 0 Å². The van der Waals surface area contributed by atoms with E-state index in [0.29, 0.717) is 0 Å². The van der Waals surface area contributed by atoms with Crippen LogP contribution in [0.15, 0.2) is 0 Å². The SMILES string of the molecule is CNC(CN1CCN(CC(C)C)CC1)C1CCCC1. The summed E-state index contributed by atoms with van der Waals surface area (Å²) in [5.41, 5.74) is 0. The van der Waals surface area contributed by atoms with E-state index in [-0.39, 0.29) is 0 Å². The van der Waals surface area contributed by atoms with Crippen molar-refractivity contribution in [2.24, 2.45) is 11.8 Å². The number of nitrogens with zero attached hydrogens (tertiary/aromatic N) is 2. The van der Waals surface area contributed by atoms with Crippen LogP contribution in [-0.4, -0.2) is 62.2 Å². The van der Waals surface area contributed by atoms with Crippen LogP contribution in [0.25, 0.3) is 0 Å². The molecule has 0 bridgehead atoms. The van der Waals surface area contributed by atoms with Gasteiger partial charge in [0, 0.05) is 45.3 Å². The monoisotopic (exact) mass is 267 g/mol. The summed E-state index contributed by atoms with van der Waals surface area (Å²) in [6, 6.07) is 0.721. The molecule has 1 aliphatic heterocycles. The first-order valence-corrected chi connectivity index (χ1v) is 8.31. The first-order chi connectivity index (χ1) is 9.19. The first kappa shape index (κ1) is 15.3. The highest BCUT2D eigenvalue weighted by Crippen LogP contribution is 2.28. The summed E-state index contributed by atoms with van der Waals surface area (Å²) >= 11 is 0. The van der Waals surface area contributed by atoms with Gasteiger partial charge in [0.15, 0.2) is 0 Å². The van der Waals surface area contributed by atoms with E-state index in [0.717, 1.165) is 17.9 Å². The fraction of sp³-hybridized carbons (Fsp3) is 1.00. The molecular formula is C16H33N3. The number of hydrogen-bond acceptors (Lipinski definition) is 3. The maximum atomic E-state index is 3.58. The zero-order valence-corrected chi connectivity index (χ0v) is 13.2. The van der Waals surface area contributed by atoms with Crippen molar-refractivity contribution in [2.75, 3.05) is 46.3 Å². The molecule has 3 nitrogen and oxygen atoms in total. The standard InChI is InChI=1S/C16H33N3/c1-14(2)12-18-8-10-19(11-9-18)13-16(17-3)15-6-4-5-7-15/h14-17H,4-13H2,1-3H3. The molecule has 1 saturated heterocycles. The molecule has 1 N–H and O–H groups in total. The smallest absolute Gasteiger partial charge is 0.0220 e. The zero-order chi connectivity index (χ0) is 13.7. The van der Waals surface area contributed by atoms with E-state index in [9.17, 15) is 0 Å². The molecule has 0 spiro atoms. The lowest BCUT2D eigenvalue weighted by Gasteiger charge is -2.38. The van der Waals surface area contributed by atoms with Crippen LogP contribution in [0.5, 0.6) is 0 Å². The Labute approximate surface area is 119 Å². The molecule has 0 amide bonds. The normalized spacial score (nSPS) is 25.3. The van der Waals surface area contributed by atoms with Gasteiger partial charge in [0.2, 0.25) is 0 Å². The Morgan fingerprint density at radius 3 is 1.95 bits per heavy atom. The predicted molar refractivity (Wildman–Crippen MR) is 82.5 cm³/mol. The Hall–Kier alpha value is -0.120. The average molecular weight is 267 g/mol. The van der Waals surface area contributed by atoms with Crippen LogP contribution in [0.3, 0.4) is 0 Å². The molecule has 1 saturated carbocycles. The van der Waals surface area contributed by atoms with Crippen molar-refractivity contribution in [1.29, 1.82) is 0 Å². The number of likely N-dealkylation sites (N-methyl/N-ethyl adjacent to an activating group) is 1. The second-order valence-electron chi connectivity index (χ2n) is 6.93. The second kappa shape index (κ2) is 7.61. The van der Waals surface area contributed by atoms with Crippen molar-refractivity contribution in [3.63, 3.8) is 0 Å². The van der Waals surface area contributed by atoms with E-state index in [1.165, 1.54) is 65.0 Å². The van der Waals surface area contributed by atoms with Gasteiger partial charge in [-0.25, -0.2) is 0 Å². The van der Waals surface area contributed by atoms with Gasteiger partial charge < -0.3 is 10.2 Å². The highest BCUT2D eigenvalue weighted by atomic mass is 15.3. The molecule has 3 heteroatoms. The Morgan fingerprint density at radius 1 is 0.947 bits per heavy atom. The minimum atomic E-state index is 0.721. The third-order valence-corrected chi connectivity index (χ3v) is 4.88. The Bertz CT molecular complexity index is 240. The highest BCUT2D eigenvalue weighted by molar-refractivity contribution is 4.84. The van der Waals surface area contributed by atoms with Gasteiger partial charge in [0.05, 0.1) is 0 Å². The molecule has 1 unspecified atom stereocenters. The van der Waals surface area contributed by atoms with Gasteiger partial charge in [-0.05, 0) is 31.7 Å². The van der Waals surface area contributed by atoms with Crippen molar-refractivity contribution < 1.29 is 0 Å². The quantitative estimate of drug-likeness (QED) is 0.794. The minimum Gasteiger partial charge on any atom is -0.315 e. The third-order valence-electron chi connectivity index (χ3n) is 4.88. The molecule has 0 aromatic carbocycles. The minimum absolute atomic E-state index is 0.721. The van der Waals surface area contributed by atoms with Crippen LogP contribution in [0.2, 0.25) is 0 Å². The Morgan fingerprint density at radius 2 is 1.47 bits per heavy atom. The van der Waals surface area contributed by atoms with Crippen molar-refractivity contribution in [2.45, 2.75) is 45.6 Å². The first-order valence-electron chi connectivity index (χ1n) is 8.31. The Kier molecular flexibility index (Phi) is 6.11. The summed E-state index contributed by atoms with van der Waals surface area (Å²) in [4.78, 5) is 5.31. The summed E-state index contributed by atoms with van der Waals surface area (Å²) in [6.07, 6.45) is 5.79. The lowest BCUT2D eigenvalue weighted by Crippen LogP contribution is -2.52. The molecule has 19 heavy (non-hydrogen) atoms. The molecule has 0 radical (unpaired) electrons. The van der Waals surface area contributed by atoms with Crippen LogP contribution in [-0.2, 0) is 0 Å². The van der Waals surface area contributed by atoms with Gasteiger partial charge in [-0.3, -0.25) is 4.90 Å². The number of hydrogen-bond donors (Lipinski definition) is 1. The van der Waals surface area contributed by atoms with Gasteiger partial charge >= 0.3 is 0 Å². The molecular weight excluding hydrogens is 234 g/mol. The van der Waals surface area contributed by atoms with Crippen LogP contribution in [0, 0.1) is 11.8 Å². The summed E-state index contributed by atoms with van der Waals surface area (Å²) in [5.74, 6) is 1.73. The summed E-state index contributed by atoms with van der Waals surface area (Å²) in [6.45, 7) is 12.2. The number of nitrogens with one attached hydrogen (secondary N) is 1. The fourth-order valence-corrected chi connectivity index (χ4v) is 3.78. The molecule has 0 aromatic heterocycles. The van der Waals surface area contributed by atoms with E-state index < -0.39 is 0 Å². The third kappa shape index (κ3) is 4.73. The molecule has 2 rings (SSSR count). The molecule has 1 aliphatic carbocycles. The predicted octanol–water partition coefficient (Wildman–Crippen LogP) is 2.04. The summed E-state index contributed by atoms with van der Waals surface area (Å²) in [5, 5.41) is 3.58. The lowest BCUT2D eigenvalue weighted by molar-refractivity contribution is 0.107. The summed E-state index contributed by atoms with van der Waals surface area (Å²) in [7, 11) is 2.15. The van der Waals surface area contributed by atoms with Crippen molar-refractivity contribution >= 4 is 0 Å². The van der Waals surface area contributed by atoms with Gasteiger partial charge in [-0.2, -0.15) is 0 Å². The molecule has 112 valence electrons. The molecule has 2 fully saturated rings. The average Bonchev–Trinajstić information content (AvgIpc) is 2.91. The largest absolute Gasteiger partial charge is 0.315 e. The molecule has 1 atom stereocenters. The van der Waals surface area contributed by atoms with E-state index in [2.05, 4.69) is 36.0 Å². The molecule has 0 aromatic rings. The van der Waals surface area contributed by atoms with E-state index >= 15 is 0 Å². The maximum absolute atomic E-state index is 3.58. The van der Waals surface area contributed by atoms with Gasteiger partial charge in [-0.1, -0.05) is 26.7 Å². The van der Waals surface area contributed by atoms with E-state index in [4.69, 9.17) is 0 Å². The van der Waals surface area contributed by atoms with Gasteiger partial charge in [-0.15, -0.1) is 0 Å². The van der Waals surface area contributed by atoms with Crippen LogP contribution >= 0.6 is 0 Å². The number of piperazine rings is 1. The second-order valence-corrected chi connectivity index (χ2v) is 6.93. The Balaban J connectivity index is 1.71. The van der Waals surface area contributed by atoms with E-state index in [1.54, 1.807) is 0 Å². The van der Waals surface area contributed by atoms with Crippen LogP contribution < -0.4 is 5.32 Å². The van der Waals surface area contributed by atoms with Crippen molar-refractivity contribution in [1.82, 2.24) is 15.1 Å². The van der Waals surface area contributed by atoms with Crippen molar-refractivity contribution in [3.05, 3.63) is 0 Å². The lowest BCUT2D eigenvalue weighted by atomic mass is 9.97. The number of rotatable bonds is 6. The van der Waals surface area contributed by atoms with E-state index in [1.807, 2.05) is 0 Å². The van der Waals surface area contributed by atoms with Gasteiger partial charge in [0.1, 0.15) is 0 Å². The van der Waals surface area contributed by atoms with Crippen molar-refractivity contribution in [3.8, 4) is 0 Å². The summed E-state index contributed by atoms with van der Waals surface area (Å²) < 4.78 is 0. The topological polar surface area (TPSA) is 18.5 Å². The zero-order valence-electron chi connectivity index (χ0n) is 13.2. The maximum Gasteiger partial charge on any atom is 0.0220 e. The fourth-order valence-electron chi connectivity index (χ4n) is 3.78. The van der Waals surface area contributed by atoms with Gasteiger partial charge in [0.25, 0.3) is 0 Å². The highest BCUT2D eigenvalue weighted by Gasteiger charge is 2.27.